The summed E-state index contributed by atoms with van der Waals surface area (Å²) in [6, 6.07) is 0.575. The van der Waals surface area contributed by atoms with Gasteiger partial charge in [-0.05, 0) is 12.8 Å². The highest BCUT2D eigenvalue weighted by molar-refractivity contribution is 8.03. The van der Waals surface area contributed by atoms with Gasteiger partial charge in [-0.25, -0.2) is 0 Å². The van der Waals surface area contributed by atoms with Gasteiger partial charge in [-0.15, -0.1) is 0 Å². The minimum Gasteiger partial charge on any atom is -0.339 e. The second kappa shape index (κ2) is 6.99. The summed E-state index contributed by atoms with van der Waals surface area (Å²) in [4.78, 5) is 4.55. The maximum Gasteiger partial charge on any atom is 0.229 e. The molecule has 19 heavy (non-hydrogen) atoms. The highest BCUT2D eigenvalue weighted by Gasteiger charge is 2.23. The first kappa shape index (κ1) is 13.8. The maximum atomic E-state index is 5.40. The Morgan fingerprint density at radius 1 is 1.16 bits per heavy atom. The van der Waals surface area contributed by atoms with Crippen molar-refractivity contribution in [3.05, 3.63) is 11.7 Å². The third-order valence-electron chi connectivity index (χ3n) is 3.75. The smallest absolute Gasteiger partial charge is 0.229 e. The predicted octanol–water partition coefficient (Wildman–Crippen LogP) is 2.67. The average molecular weight is 299 g/mol. The van der Waals surface area contributed by atoms with E-state index in [-0.39, 0.29) is 0 Å². The van der Waals surface area contributed by atoms with Crippen molar-refractivity contribution in [3.8, 4) is 0 Å². The lowest BCUT2D eigenvalue weighted by Gasteiger charge is -2.13. The topological polar surface area (TPSA) is 51.0 Å². The van der Waals surface area contributed by atoms with Crippen molar-refractivity contribution < 1.29 is 4.52 Å². The molecule has 6 heteroatoms. The Labute approximate surface area is 122 Å². The summed E-state index contributed by atoms with van der Waals surface area (Å²) >= 11 is 4.07. The van der Waals surface area contributed by atoms with Crippen LogP contribution < -0.4 is 5.32 Å². The molecule has 2 aliphatic rings. The van der Waals surface area contributed by atoms with Gasteiger partial charge < -0.3 is 9.84 Å². The molecule has 2 fully saturated rings. The van der Waals surface area contributed by atoms with E-state index in [4.69, 9.17) is 4.52 Å². The van der Waals surface area contributed by atoms with Gasteiger partial charge in [0.25, 0.3) is 0 Å². The lowest BCUT2D eigenvalue weighted by atomic mass is 10.1. The van der Waals surface area contributed by atoms with Crippen LogP contribution in [0.3, 0.4) is 0 Å². The molecule has 1 saturated carbocycles. The lowest BCUT2D eigenvalue weighted by Crippen LogP contribution is -2.33. The Morgan fingerprint density at radius 2 is 1.89 bits per heavy atom. The molecule has 3 rings (SSSR count). The van der Waals surface area contributed by atoms with Crippen molar-refractivity contribution in [1.29, 1.82) is 0 Å². The molecule has 1 aliphatic heterocycles. The van der Waals surface area contributed by atoms with Gasteiger partial charge in [0.05, 0.1) is 6.54 Å². The van der Waals surface area contributed by atoms with Crippen molar-refractivity contribution in [1.82, 2.24) is 15.5 Å². The predicted molar refractivity (Wildman–Crippen MR) is 80.8 cm³/mol. The first-order chi connectivity index (χ1) is 9.42. The summed E-state index contributed by atoms with van der Waals surface area (Å²) in [5.41, 5.74) is 0. The van der Waals surface area contributed by atoms with E-state index in [0.717, 1.165) is 18.3 Å². The zero-order chi connectivity index (χ0) is 12.9. The van der Waals surface area contributed by atoms with Gasteiger partial charge in [-0.1, -0.05) is 18.0 Å². The van der Waals surface area contributed by atoms with Crippen LogP contribution in [0.4, 0.5) is 0 Å². The summed E-state index contributed by atoms with van der Waals surface area (Å²) in [6.07, 6.45) is 5.03. The number of hydrogen-bond donors (Lipinski definition) is 1. The van der Waals surface area contributed by atoms with Crippen molar-refractivity contribution >= 4 is 23.5 Å². The van der Waals surface area contributed by atoms with E-state index in [1.807, 2.05) is 23.5 Å². The van der Waals surface area contributed by atoms with Gasteiger partial charge in [-0.2, -0.15) is 28.5 Å². The van der Waals surface area contributed by atoms with Gasteiger partial charge >= 0.3 is 0 Å². The highest BCUT2D eigenvalue weighted by Crippen LogP contribution is 2.32. The van der Waals surface area contributed by atoms with E-state index >= 15 is 0 Å². The summed E-state index contributed by atoms with van der Waals surface area (Å²) < 4.78 is 5.40. The summed E-state index contributed by atoms with van der Waals surface area (Å²) in [5.74, 6) is 7.14. The van der Waals surface area contributed by atoms with Crippen molar-refractivity contribution in [2.45, 2.75) is 44.2 Å². The molecule has 0 radical (unpaired) electrons. The summed E-state index contributed by atoms with van der Waals surface area (Å²) in [6.45, 7) is 0.738. The number of hydrogen-bond acceptors (Lipinski definition) is 6. The molecule has 106 valence electrons. The zero-order valence-electron chi connectivity index (χ0n) is 11.1. The molecule has 1 aromatic heterocycles. The Balaban J connectivity index is 1.49. The zero-order valence-corrected chi connectivity index (χ0v) is 12.8. The Kier molecular flexibility index (Phi) is 5.07. The van der Waals surface area contributed by atoms with Crippen LogP contribution in [0.5, 0.6) is 0 Å². The van der Waals surface area contributed by atoms with Crippen molar-refractivity contribution in [2.75, 3.05) is 23.0 Å². The molecule has 0 atom stereocenters. The molecule has 0 aromatic carbocycles. The molecule has 0 amide bonds. The summed E-state index contributed by atoms with van der Waals surface area (Å²) in [5, 5.41) is 7.66. The van der Waals surface area contributed by atoms with Crippen LogP contribution in [0.1, 0.15) is 43.3 Å². The van der Waals surface area contributed by atoms with Crippen LogP contribution in [-0.2, 0) is 6.54 Å². The Bertz CT molecular complexity index is 385. The number of rotatable bonds is 4. The normalized spacial score (nSPS) is 22.7. The molecular weight excluding hydrogens is 278 g/mol. The van der Waals surface area contributed by atoms with Crippen LogP contribution >= 0.6 is 23.5 Å². The third-order valence-corrected chi connectivity index (χ3v) is 6.27. The fourth-order valence-corrected chi connectivity index (χ4v) is 5.11. The fraction of sp³-hybridized carbons (Fsp3) is 0.846. The minimum absolute atomic E-state index is 0.519. The van der Waals surface area contributed by atoms with Crippen LogP contribution in [-0.4, -0.2) is 39.2 Å². The fourth-order valence-electron chi connectivity index (χ4n) is 2.65. The van der Waals surface area contributed by atoms with E-state index in [1.165, 1.54) is 48.7 Å². The van der Waals surface area contributed by atoms with Crippen LogP contribution in [0.2, 0.25) is 0 Å². The molecule has 2 heterocycles. The SMILES string of the molecule is C1CCC(c2nc(CNC3CSCCSC3)no2)C1. The number of aromatic nitrogens is 2. The first-order valence-corrected chi connectivity index (χ1v) is 9.44. The lowest BCUT2D eigenvalue weighted by molar-refractivity contribution is 0.349. The van der Waals surface area contributed by atoms with E-state index < -0.39 is 0 Å². The van der Waals surface area contributed by atoms with Crippen molar-refractivity contribution in [3.63, 3.8) is 0 Å². The Morgan fingerprint density at radius 3 is 2.63 bits per heavy atom. The number of thioether (sulfide) groups is 2. The van der Waals surface area contributed by atoms with Gasteiger partial charge in [-0.3, -0.25) is 0 Å². The third kappa shape index (κ3) is 3.89. The minimum atomic E-state index is 0.519. The second-order valence-electron chi connectivity index (χ2n) is 5.26. The molecule has 4 nitrogen and oxygen atoms in total. The summed E-state index contributed by atoms with van der Waals surface area (Å²) in [7, 11) is 0. The second-order valence-corrected chi connectivity index (χ2v) is 7.56. The largest absolute Gasteiger partial charge is 0.339 e. The molecule has 1 N–H and O–H groups in total. The monoisotopic (exact) mass is 299 g/mol. The first-order valence-electron chi connectivity index (χ1n) is 7.13. The van der Waals surface area contributed by atoms with Gasteiger partial charge in [0.2, 0.25) is 5.89 Å². The van der Waals surface area contributed by atoms with E-state index in [9.17, 15) is 0 Å². The maximum absolute atomic E-state index is 5.40. The number of nitrogens with one attached hydrogen (secondary N) is 1. The molecule has 0 spiro atoms. The molecule has 1 aromatic rings. The Hall–Kier alpha value is -0.200. The van der Waals surface area contributed by atoms with E-state index in [0.29, 0.717) is 12.0 Å². The van der Waals surface area contributed by atoms with Crippen LogP contribution in [0.15, 0.2) is 4.52 Å². The molecule has 0 unspecified atom stereocenters. The van der Waals surface area contributed by atoms with Gasteiger partial charge in [0.1, 0.15) is 0 Å². The average Bonchev–Trinajstić information content (AvgIpc) is 3.04. The van der Waals surface area contributed by atoms with Gasteiger partial charge in [0.15, 0.2) is 5.82 Å². The van der Waals surface area contributed by atoms with Gasteiger partial charge in [0, 0.05) is 35.0 Å². The van der Waals surface area contributed by atoms with E-state index in [1.54, 1.807) is 0 Å². The van der Waals surface area contributed by atoms with E-state index in [2.05, 4.69) is 15.5 Å². The van der Waals surface area contributed by atoms with Crippen molar-refractivity contribution in [2.24, 2.45) is 0 Å². The number of nitrogens with zero attached hydrogens (tertiary/aromatic N) is 2. The molecule has 0 bridgehead atoms. The molecular formula is C13H21N3OS2. The highest BCUT2D eigenvalue weighted by atomic mass is 32.2. The standard InChI is InChI=1S/C13H21N3OS2/c1-2-4-10(3-1)13-15-12(16-17-13)7-14-11-8-18-5-6-19-9-11/h10-11,14H,1-9H2. The van der Waals surface area contributed by atoms with Crippen LogP contribution in [0.25, 0.3) is 0 Å². The molecule has 1 aliphatic carbocycles. The quantitative estimate of drug-likeness (QED) is 0.922. The van der Waals surface area contributed by atoms with Crippen LogP contribution in [0, 0.1) is 0 Å². The molecule has 1 saturated heterocycles.